The Morgan fingerprint density at radius 1 is 0.897 bits per heavy atom. The Morgan fingerprint density at radius 2 is 1.62 bits per heavy atom. The van der Waals surface area contributed by atoms with E-state index in [1.54, 1.807) is 6.07 Å². The summed E-state index contributed by atoms with van der Waals surface area (Å²) < 4.78 is 25.3. The predicted molar refractivity (Wildman–Crippen MR) is 113 cm³/mol. The van der Waals surface area contributed by atoms with E-state index < -0.39 is 5.82 Å². The molecule has 1 N–H and O–H groups in total. The lowest BCUT2D eigenvalue weighted by Gasteiger charge is -2.10. The SMILES string of the molecule is O=C(COc1ccc(Br)cc1F)NCc1cccc(COCc2ccccc2)c1. The van der Waals surface area contributed by atoms with Crippen LogP contribution in [0.15, 0.2) is 77.3 Å². The van der Waals surface area contributed by atoms with E-state index in [1.807, 2.05) is 54.6 Å². The number of carbonyl (C=O) groups excluding carboxylic acids is 1. The molecular formula is C23H21BrFNO3. The molecule has 6 heteroatoms. The first kappa shape index (κ1) is 21.0. The van der Waals surface area contributed by atoms with Crippen molar-refractivity contribution in [2.45, 2.75) is 19.8 Å². The van der Waals surface area contributed by atoms with Gasteiger partial charge in [0.2, 0.25) is 0 Å². The summed E-state index contributed by atoms with van der Waals surface area (Å²) in [6.45, 7) is 1.14. The molecule has 0 unspecified atom stereocenters. The number of ether oxygens (including phenoxy) is 2. The highest BCUT2D eigenvalue weighted by Gasteiger charge is 2.08. The minimum atomic E-state index is -0.518. The van der Waals surface area contributed by atoms with E-state index >= 15 is 0 Å². The molecule has 1 amide bonds. The van der Waals surface area contributed by atoms with Crippen LogP contribution >= 0.6 is 15.9 Å². The largest absolute Gasteiger partial charge is 0.481 e. The summed E-state index contributed by atoms with van der Waals surface area (Å²) in [4.78, 5) is 12.0. The van der Waals surface area contributed by atoms with Gasteiger partial charge in [-0.2, -0.15) is 0 Å². The predicted octanol–water partition coefficient (Wildman–Crippen LogP) is 5.00. The highest BCUT2D eigenvalue weighted by molar-refractivity contribution is 9.10. The zero-order valence-electron chi connectivity index (χ0n) is 15.7. The summed E-state index contributed by atoms with van der Waals surface area (Å²) in [5.74, 6) is -0.797. The third kappa shape index (κ3) is 7.00. The molecule has 0 bridgehead atoms. The van der Waals surface area contributed by atoms with Crippen LogP contribution in [0.4, 0.5) is 4.39 Å². The van der Waals surface area contributed by atoms with Gasteiger partial charge in [0.15, 0.2) is 18.2 Å². The number of amides is 1. The Morgan fingerprint density at radius 3 is 2.41 bits per heavy atom. The van der Waals surface area contributed by atoms with Gasteiger partial charge in [-0.25, -0.2) is 4.39 Å². The van der Waals surface area contributed by atoms with Crippen LogP contribution in [0.25, 0.3) is 0 Å². The van der Waals surface area contributed by atoms with Crippen molar-refractivity contribution in [2.75, 3.05) is 6.61 Å². The summed E-state index contributed by atoms with van der Waals surface area (Å²) in [5.41, 5.74) is 3.10. The van der Waals surface area contributed by atoms with Crippen molar-refractivity contribution >= 4 is 21.8 Å². The number of nitrogens with one attached hydrogen (secondary N) is 1. The topological polar surface area (TPSA) is 47.6 Å². The van der Waals surface area contributed by atoms with Gasteiger partial charge in [-0.05, 0) is 34.9 Å². The van der Waals surface area contributed by atoms with Crippen LogP contribution < -0.4 is 10.1 Å². The molecule has 0 aromatic heterocycles. The quantitative estimate of drug-likeness (QED) is 0.491. The van der Waals surface area contributed by atoms with Gasteiger partial charge in [0.1, 0.15) is 0 Å². The number of carbonyl (C=O) groups is 1. The van der Waals surface area contributed by atoms with Crippen molar-refractivity contribution in [2.24, 2.45) is 0 Å². The van der Waals surface area contributed by atoms with E-state index in [9.17, 15) is 9.18 Å². The van der Waals surface area contributed by atoms with Crippen LogP contribution in [0.5, 0.6) is 5.75 Å². The van der Waals surface area contributed by atoms with Crippen LogP contribution in [-0.4, -0.2) is 12.5 Å². The van der Waals surface area contributed by atoms with E-state index in [0.717, 1.165) is 16.7 Å². The molecule has 0 saturated carbocycles. The van der Waals surface area contributed by atoms with E-state index in [2.05, 4.69) is 21.2 Å². The number of benzene rings is 3. The highest BCUT2D eigenvalue weighted by Crippen LogP contribution is 2.21. The lowest BCUT2D eigenvalue weighted by Crippen LogP contribution is -2.28. The maximum Gasteiger partial charge on any atom is 0.258 e. The molecule has 29 heavy (non-hydrogen) atoms. The second kappa shape index (κ2) is 10.7. The third-order valence-corrected chi connectivity index (χ3v) is 4.61. The van der Waals surface area contributed by atoms with Crippen molar-refractivity contribution in [3.63, 3.8) is 0 Å². The van der Waals surface area contributed by atoms with Crippen molar-refractivity contribution in [3.05, 3.63) is 99.8 Å². The fraction of sp³-hybridized carbons (Fsp3) is 0.174. The molecule has 0 radical (unpaired) electrons. The molecule has 0 atom stereocenters. The van der Waals surface area contributed by atoms with Crippen molar-refractivity contribution in [1.82, 2.24) is 5.32 Å². The molecule has 0 aliphatic heterocycles. The average Bonchev–Trinajstić information content (AvgIpc) is 2.73. The minimum Gasteiger partial charge on any atom is -0.481 e. The second-order valence-electron chi connectivity index (χ2n) is 6.44. The summed E-state index contributed by atoms with van der Waals surface area (Å²) in [7, 11) is 0. The molecule has 0 spiro atoms. The van der Waals surface area contributed by atoms with Gasteiger partial charge < -0.3 is 14.8 Å². The Kier molecular flexibility index (Phi) is 7.78. The Hall–Kier alpha value is -2.70. The molecule has 0 fully saturated rings. The minimum absolute atomic E-state index is 0.0425. The van der Waals surface area contributed by atoms with Crippen LogP contribution in [-0.2, 0) is 29.3 Å². The van der Waals surface area contributed by atoms with E-state index in [4.69, 9.17) is 9.47 Å². The fourth-order valence-corrected chi connectivity index (χ4v) is 3.01. The average molecular weight is 458 g/mol. The summed E-state index contributed by atoms with van der Waals surface area (Å²) in [6.07, 6.45) is 0. The van der Waals surface area contributed by atoms with Gasteiger partial charge in [0.05, 0.1) is 13.2 Å². The van der Waals surface area contributed by atoms with Gasteiger partial charge in [0, 0.05) is 11.0 Å². The highest BCUT2D eigenvalue weighted by atomic mass is 79.9. The van der Waals surface area contributed by atoms with Gasteiger partial charge in [-0.3, -0.25) is 4.79 Å². The Bertz CT molecular complexity index is 950. The standard InChI is InChI=1S/C23H21BrFNO3/c24-20-9-10-22(21(25)12-20)29-16-23(27)26-13-18-7-4-8-19(11-18)15-28-14-17-5-2-1-3-6-17/h1-12H,13-16H2,(H,26,27). The molecule has 0 saturated heterocycles. The number of rotatable bonds is 9. The van der Waals surface area contributed by atoms with Gasteiger partial charge in [0.25, 0.3) is 5.91 Å². The van der Waals surface area contributed by atoms with Crippen molar-refractivity contribution < 1.29 is 18.7 Å². The van der Waals surface area contributed by atoms with Crippen molar-refractivity contribution in [1.29, 1.82) is 0 Å². The molecule has 0 heterocycles. The first-order valence-electron chi connectivity index (χ1n) is 9.14. The molecule has 3 aromatic rings. The maximum atomic E-state index is 13.7. The molecule has 3 aromatic carbocycles. The fourth-order valence-electron chi connectivity index (χ4n) is 2.68. The number of hydrogen-bond acceptors (Lipinski definition) is 3. The normalized spacial score (nSPS) is 10.6. The Balaban J connectivity index is 1.43. The Labute approximate surface area is 177 Å². The number of halogens is 2. The summed E-state index contributed by atoms with van der Waals surface area (Å²) in [5, 5.41) is 2.77. The monoisotopic (exact) mass is 457 g/mol. The summed E-state index contributed by atoms with van der Waals surface area (Å²) in [6, 6.07) is 22.2. The molecular weight excluding hydrogens is 437 g/mol. The van der Waals surface area contributed by atoms with Crippen LogP contribution in [0.2, 0.25) is 0 Å². The van der Waals surface area contributed by atoms with E-state index in [0.29, 0.717) is 24.2 Å². The maximum absolute atomic E-state index is 13.7. The van der Waals surface area contributed by atoms with Crippen LogP contribution in [0.1, 0.15) is 16.7 Å². The second-order valence-corrected chi connectivity index (χ2v) is 7.35. The molecule has 150 valence electrons. The smallest absolute Gasteiger partial charge is 0.258 e. The molecule has 4 nitrogen and oxygen atoms in total. The molecule has 0 aliphatic rings. The molecule has 3 rings (SSSR count). The van der Waals surface area contributed by atoms with Crippen molar-refractivity contribution in [3.8, 4) is 5.75 Å². The van der Waals surface area contributed by atoms with Gasteiger partial charge in [-0.1, -0.05) is 70.5 Å². The first-order chi connectivity index (χ1) is 14.1. The lowest BCUT2D eigenvalue weighted by molar-refractivity contribution is -0.123. The lowest BCUT2D eigenvalue weighted by atomic mass is 10.1. The van der Waals surface area contributed by atoms with Crippen LogP contribution in [0.3, 0.4) is 0 Å². The zero-order chi connectivity index (χ0) is 20.5. The van der Waals surface area contributed by atoms with E-state index in [-0.39, 0.29) is 18.3 Å². The first-order valence-corrected chi connectivity index (χ1v) is 9.93. The van der Waals surface area contributed by atoms with Crippen LogP contribution in [0, 0.1) is 5.82 Å². The number of hydrogen-bond donors (Lipinski definition) is 1. The molecule has 0 aliphatic carbocycles. The van der Waals surface area contributed by atoms with E-state index in [1.165, 1.54) is 12.1 Å². The van der Waals surface area contributed by atoms with Gasteiger partial charge in [-0.15, -0.1) is 0 Å². The zero-order valence-corrected chi connectivity index (χ0v) is 17.3. The van der Waals surface area contributed by atoms with Gasteiger partial charge >= 0.3 is 0 Å². The summed E-state index contributed by atoms with van der Waals surface area (Å²) >= 11 is 3.18. The third-order valence-electron chi connectivity index (χ3n) is 4.11.